The van der Waals surface area contributed by atoms with Crippen LogP contribution in [0.25, 0.3) is 0 Å². The summed E-state index contributed by atoms with van der Waals surface area (Å²) in [6, 6.07) is 7.84. The number of ether oxygens (including phenoxy) is 1. The highest BCUT2D eigenvalue weighted by molar-refractivity contribution is 7.16. The third-order valence-corrected chi connectivity index (χ3v) is 7.69. The van der Waals surface area contributed by atoms with Gasteiger partial charge in [-0.05, 0) is 53.9 Å². The summed E-state index contributed by atoms with van der Waals surface area (Å²) in [5.41, 5.74) is 3.54. The minimum atomic E-state index is -0.195. The Balaban J connectivity index is 1.60. The van der Waals surface area contributed by atoms with Gasteiger partial charge < -0.3 is 15.4 Å². The molecule has 2 N–H and O–H groups in total. The number of anilines is 1. The number of amides is 1. The lowest BCUT2D eigenvalue weighted by atomic mass is 9.69. The molecule has 4 nitrogen and oxygen atoms in total. The Bertz CT molecular complexity index is 854. The lowest BCUT2D eigenvalue weighted by Crippen LogP contribution is -2.38. The zero-order valence-electron chi connectivity index (χ0n) is 16.5. The van der Waals surface area contributed by atoms with Gasteiger partial charge in [-0.15, -0.1) is 11.3 Å². The molecule has 0 fully saturated rings. The summed E-state index contributed by atoms with van der Waals surface area (Å²) in [7, 11) is 1.66. The summed E-state index contributed by atoms with van der Waals surface area (Å²) < 4.78 is 5.23. The highest BCUT2D eigenvalue weighted by atomic mass is 32.1. The van der Waals surface area contributed by atoms with Gasteiger partial charge in [-0.1, -0.05) is 39.3 Å². The fourth-order valence-electron chi connectivity index (χ4n) is 4.22. The number of nitrogens with one attached hydrogen (secondary N) is 2. The standard InChI is InChI=1S/C22H28N2O2S/c1-5-22(2,3)14-8-11-16-17(12-14)27-21-18(16)20(25)23-19(24-21)13-6-9-15(26-4)10-7-13/h6-7,9-10,14,19,24H,5,8,11-12H2,1-4H3,(H,23,25)/t14-,19+/m0/s1. The molecule has 5 heteroatoms. The van der Waals surface area contributed by atoms with E-state index in [1.165, 1.54) is 23.3 Å². The smallest absolute Gasteiger partial charge is 0.256 e. The van der Waals surface area contributed by atoms with Crippen LogP contribution in [0.1, 0.15) is 66.1 Å². The molecular formula is C22H28N2O2S. The molecule has 1 aliphatic carbocycles. The summed E-state index contributed by atoms with van der Waals surface area (Å²) in [6.07, 6.45) is 4.27. The Morgan fingerprint density at radius 3 is 2.63 bits per heavy atom. The molecule has 2 aliphatic rings. The molecule has 2 heterocycles. The molecule has 1 amide bonds. The van der Waals surface area contributed by atoms with Gasteiger partial charge in [0.05, 0.1) is 12.7 Å². The first kappa shape index (κ1) is 18.4. The average molecular weight is 385 g/mol. The zero-order chi connectivity index (χ0) is 19.2. The molecule has 2 atom stereocenters. The Kier molecular flexibility index (Phi) is 4.66. The van der Waals surface area contributed by atoms with E-state index in [4.69, 9.17) is 4.74 Å². The first-order valence-electron chi connectivity index (χ1n) is 9.79. The largest absolute Gasteiger partial charge is 0.497 e. The van der Waals surface area contributed by atoms with Gasteiger partial charge in [0, 0.05) is 4.88 Å². The summed E-state index contributed by atoms with van der Waals surface area (Å²) in [6.45, 7) is 7.03. The first-order chi connectivity index (χ1) is 12.9. The molecule has 0 radical (unpaired) electrons. The van der Waals surface area contributed by atoms with Crippen molar-refractivity contribution in [3.8, 4) is 5.75 Å². The van der Waals surface area contributed by atoms with Gasteiger partial charge in [0.2, 0.25) is 0 Å². The van der Waals surface area contributed by atoms with Gasteiger partial charge in [0.1, 0.15) is 16.9 Å². The number of methoxy groups -OCH3 is 1. The summed E-state index contributed by atoms with van der Waals surface area (Å²) in [5.74, 6) is 1.56. The van der Waals surface area contributed by atoms with Gasteiger partial charge in [0.15, 0.2) is 0 Å². The molecule has 0 saturated carbocycles. The molecular weight excluding hydrogens is 356 g/mol. The van der Waals surface area contributed by atoms with Gasteiger partial charge in [-0.25, -0.2) is 0 Å². The first-order valence-corrected chi connectivity index (χ1v) is 10.6. The van der Waals surface area contributed by atoms with E-state index in [1.54, 1.807) is 18.4 Å². The van der Waals surface area contributed by atoms with Crippen LogP contribution in [0.4, 0.5) is 5.00 Å². The summed E-state index contributed by atoms with van der Waals surface area (Å²) in [4.78, 5) is 14.3. The van der Waals surface area contributed by atoms with Crippen molar-refractivity contribution in [1.82, 2.24) is 5.32 Å². The van der Waals surface area contributed by atoms with E-state index in [-0.39, 0.29) is 12.1 Å². The van der Waals surface area contributed by atoms with Crippen LogP contribution < -0.4 is 15.4 Å². The van der Waals surface area contributed by atoms with Crippen molar-refractivity contribution in [2.24, 2.45) is 11.3 Å². The van der Waals surface area contributed by atoms with Crippen molar-refractivity contribution in [3.05, 3.63) is 45.8 Å². The molecule has 27 heavy (non-hydrogen) atoms. The number of rotatable bonds is 4. The van der Waals surface area contributed by atoms with E-state index < -0.39 is 0 Å². The van der Waals surface area contributed by atoms with Crippen molar-refractivity contribution in [1.29, 1.82) is 0 Å². The Morgan fingerprint density at radius 2 is 1.96 bits per heavy atom. The molecule has 2 aromatic rings. The SMILES string of the molecule is CCC(C)(C)[C@H]1CCc2c(sc3c2C(=O)N[C@@H](c2ccc(OC)cc2)N3)C1. The van der Waals surface area contributed by atoms with E-state index in [9.17, 15) is 4.79 Å². The van der Waals surface area contributed by atoms with E-state index in [2.05, 4.69) is 31.4 Å². The molecule has 0 spiro atoms. The van der Waals surface area contributed by atoms with E-state index >= 15 is 0 Å². The molecule has 144 valence electrons. The number of hydrogen-bond donors (Lipinski definition) is 2. The van der Waals surface area contributed by atoms with Crippen LogP contribution in [-0.4, -0.2) is 13.0 Å². The number of carbonyl (C=O) groups excluding carboxylic acids is 1. The third-order valence-electron chi connectivity index (χ3n) is 6.51. The van der Waals surface area contributed by atoms with Crippen molar-refractivity contribution in [3.63, 3.8) is 0 Å². The van der Waals surface area contributed by atoms with Crippen molar-refractivity contribution < 1.29 is 9.53 Å². The Morgan fingerprint density at radius 1 is 1.22 bits per heavy atom. The maximum Gasteiger partial charge on any atom is 0.256 e. The van der Waals surface area contributed by atoms with Crippen molar-refractivity contribution in [2.45, 2.75) is 52.6 Å². The van der Waals surface area contributed by atoms with Crippen LogP contribution >= 0.6 is 11.3 Å². The molecule has 0 unspecified atom stereocenters. The van der Waals surface area contributed by atoms with Gasteiger partial charge in [-0.3, -0.25) is 4.79 Å². The quantitative estimate of drug-likeness (QED) is 0.766. The van der Waals surface area contributed by atoms with Gasteiger partial charge in [0.25, 0.3) is 5.91 Å². The molecule has 0 bridgehead atoms. The van der Waals surface area contributed by atoms with Crippen LogP contribution in [-0.2, 0) is 12.8 Å². The monoisotopic (exact) mass is 384 g/mol. The fourth-order valence-corrected chi connectivity index (χ4v) is 5.57. The molecule has 4 rings (SSSR count). The third kappa shape index (κ3) is 3.22. The van der Waals surface area contributed by atoms with Crippen LogP contribution in [0.3, 0.4) is 0 Å². The van der Waals surface area contributed by atoms with E-state index in [1.807, 2.05) is 24.3 Å². The van der Waals surface area contributed by atoms with Gasteiger partial charge >= 0.3 is 0 Å². The number of carbonyl (C=O) groups is 1. The van der Waals surface area contributed by atoms with Crippen LogP contribution in [0, 0.1) is 11.3 Å². The Hall–Kier alpha value is -2.01. The maximum atomic E-state index is 12.9. The predicted molar refractivity (Wildman–Crippen MR) is 111 cm³/mol. The second-order valence-corrected chi connectivity index (χ2v) is 9.42. The molecule has 0 saturated heterocycles. The van der Waals surface area contributed by atoms with Crippen molar-refractivity contribution >= 4 is 22.2 Å². The number of benzene rings is 1. The normalized spacial score (nSPS) is 21.7. The van der Waals surface area contributed by atoms with Crippen molar-refractivity contribution in [2.75, 3.05) is 12.4 Å². The van der Waals surface area contributed by atoms with Gasteiger partial charge in [-0.2, -0.15) is 0 Å². The minimum Gasteiger partial charge on any atom is -0.497 e. The second kappa shape index (κ2) is 6.86. The van der Waals surface area contributed by atoms with Crippen LogP contribution in [0.5, 0.6) is 5.75 Å². The summed E-state index contributed by atoms with van der Waals surface area (Å²) >= 11 is 1.78. The van der Waals surface area contributed by atoms with Crippen LogP contribution in [0.15, 0.2) is 24.3 Å². The van der Waals surface area contributed by atoms with Crippen LogP contribution in [0.2, 0.25) is 0 Å². The lowest BCUT2D eigenvalue weighted by molar-refractivity contribution is 0.0934. The lowest BCUT2D eigenvalue weighted by Gasteiger charge is -2.36. The molecule has 1 aromatic heterocycles. The minimum absolute atomic E-state index is 0.0512. The number of thiophene rings is 1. The topological polar surface area (TPSA) is 50.4 Å². The predicted octanol–water partition coefficient (Wildman–Crippen LogP) is 5.15. The molecule has 1 aromatic carbocycles. The number of hydrogen-bond acceptors (Lipinski definition) is 4. The second-order valence-electron chi connectivity index (χ2n) is 8.31. The Labute approximate surface area is 165 Å². The number of fused-ring (bicyclic) bond motifs is 3. The summed E-state index contributed by atoms with van der Waals surface area (Å²) in [5, 5.41) is 7.71. The fraction of sp³-hybridized carbons (Fsp3) is 0.500. The van der Waals surface area contributed by atoms with E-state index in [0.717, 1.165) is 34.7 Å². The highest BCUT2D eigenvalue weighted by Crippen LogP contribution is 2.46. The maximum absolute atomic E-state index is 12.9. The zero-order valence-corrected chi connectivity index (χ0v) is 17.3. The average Bonchev–Trinajstić information content (AvgIpc) is 3.06. The highest BCUT2D eigenvalue weighted by Gasteiger charge is 2.37. The van der Waals surface area contributed by atoms with E-state index in [0.29, 0.717) is 11.3 Å². The molecule has 1 aliphatic heterocycles.